The van der Waals surface area contributed by atoms with Crippen LogP contribution in [0, 0.1) is 6.92 Å². The number of hydrazine groups is 2. The zero-order valence-electron chi connectivity index (χ0n) is 17.0. The van der Waals surface area contributed by atoms with Gasteiger partial charge in [-0.3, -0.25) is 10.0 Å². The van der Waals surface area contributed by atoms with Gasteiger partial charge in [-0.05, 0) is 31.9 Å². The Bertz CT molecular complexity index is 887. The third-order valence-corrected chi connectivity index (χ3v) is 4.81. The number of alkyl halides is 3. The van der Waals surface area contributed by atoms with Crippen molar-refractivity contribution in [2.24, 2.45) is 0 Å². The number of nitrogens with zero attached hydrogens (tertiary/aromatic N) is 4. The Morgan fingerprint density at radius 1 is 1.14 bits per heavy atom. The maximum atomic E-state index is 12.5. The van der Waals surface area contributed by atoms with E-state index in [4.69, 9.17) is 14.7 Å². The van der Waals surface area contributed by atoms with Crippen molar-refractivity contribution in [3.8, 4) is 22.8 Å². The number of benzene rings is 1. The molecule has 0 atom stereocenters. The molecule has 1 N–H and O–H groups in total. The normalized spacial score (nSPS) is 13.8. The summed E-state index contributed by atoms with van der Waals surface area (Å²) in [4.78, 5) is 9.46. The van der Waals surface area contributed by atoms with Gasteiger partial charge in [0.15, 0.2) is 11.6 Å². The van der Waals surface area contributed by atoms with Gasteiger partial charge in [-0.15, -0.1) is 18.7 Å². The molecule has 29 heavy (non-hydrogen) atoms. The van der Waals surface area contributed by atoms with Crippen LogP contribution in [0.15, 0.2) is 18.2 Å². The molecule has 2 aromatic rings. The van der Waals surface area contributed by atoms with Crippen molar-refractivity contribution >= 4 is 11.6 Å². The molecule has 0 bridgehead atoms. The Hall–Kier alpha value is -2.75. The molecule has 0 spiro atoms. The minimum Gasteiger partial charge on any atom is -0.496 e. The number of aryl methyl sites for hydroxylation is 1. The van der Waals surface area contributed by atoms with Gasteiger partial charge in [-0.25, -0.2) is 9.97 Å². The van der Waals surface area contributed by atoms with Crippen LogP contribution < -0.4 is 25.0 Å². The molecular formula is C19H24F3N5O2. The quantitative estimate of drug-likeness (QED) is 0.763. The lowest BCUT2D eigenvalue weighted by Crippen LogP contribution is -2.48. The van der Waals surface area contributed by atoms with Crippen molar-refractivity contribution in [2.75, 3.05) is 24.2 Å². The van der Waals surface area contributed by atoms with Gasteiger partial charge in [0.05, 0.1) is 18.5 Å². The Morgan fingerprint density at radius 3 is 2.41 bits per heavy atom. The average Bonchev–Trinajstić information content (AvgIpc) is 2.96. The first kappa shape index (κ1) is 21.0. The number of aromatic nitrogens is 2. The molecule has 0 saturated carbocycles. The Kier molecular flexibility index (Phi) is 5.74. The van der Waals surface area contributed by atoms with Crippen molar-refractivity contribution < 1.29 is 22.6 Å². The maximum Gasteiger partial charge on any atom is 0.573 e. The number of fused-ring (bicyclic) bond motifs is 1. The highest BCUT2D eigenvalue weighted by Gasteiger charge is 2.33. The highest BCUT2D eigenvalue weighted by atomic mass is 19.4. The van der Waals surface area contributed by atoms with Crippen LogP contribution in [-0.4, -0.2) is 36.5 Å². The van der Waals surface area contributed by atoms with Crippen molar-refractivity contribution in [3.63, 3.8) is 0 Å². The fraction of sp³-hybridized carbons (Fsp3) is 0.474. The molecule has 0 aliphatic carbocycles. The van der Waals surface area contributed by atoms with Crippen LogP contribution >= 0.6 is 0 Å². The van der Waals surface area contributed by atoms with Crippen molar-refractivity contribution in [1.82, 2.24) is 15.5 Å². The third kappa shape index (κ3) is 4.16. The number of halogens is 3. The lowest BCUT2D eigenvalue weighted by atomic mass is 10.1. The summed E-state index contributed by atoms with van der Waals surface area (Å²) in [6.45, 7) is 6.03. The molecule has 7 nitrogen and oxygen atoms in total. The van der Waals surface area contributed by atoms with Gasteiger partial charge in [-0.2, -0.15) is 0 Å². The van der Waals surface area contributed by atoms with E-state index in [1.54, 1.807) is 5.01 Å². The first-order valence-corrected chi connectivity index (χ1v) is 9.30. The highest BCUT2D eigenvalue weighted by Crippen LogP contribution is 2.39. The molecule has 1 aromatic carbocycles. The summed E-state index contributed by atoms with van der Waals surface area (Å²) in [6, 6.07) is 4.17. The van der Waals surface area contributed by atoms with Gasteiger partial charge < -0.3 is 9.47 Å². The third-order valence-electron chi connectivity index (χ3n) is 4.81. The smallest absolute Gasteiger partial charge is 0.496 e. The summed E-state index contributed by atoms with van der Waals surface area (Å²) in [5.41, 5.74) is 4.95. The van der Waals surface area contributed by atoms with Crippen LogP contribution in [0.25, 0.3) is 11.3 Å². The summed E-state index contributed by atoms with van der Waals surface area (Å²) in [5.74, 6) is 1.21. The van der Waals surface area contributed by atoms with E-state index in [1.807, 2.05) is 19.0 Å². The maximum absolute atomic E-state index is 12.5. The molecule has 3 rings (SSSR count). The molecule has 1 aromatic heterocycles. The minimum atomic E-state index is -4.78. The molecule has 1 aliphatic heterocycles. The lowest BCUT2D eigenvalue weighted by Gasteiger charge is -2.27. The number of methoxy groups -OCH3 is 1. The van der Waals surface area contributed by atoms with Crippen LogP contribution in [0.3, 0.4) is 0 Å². The molecule has 0 unspecified atom stereocenters. The SMILES string of the molecule is CCC(CC)N1NN(C)c2nc(-c3ccc(OC(F)(F)F)cc3OC)c(C)nc21. The number of hydrogen-bond acceptors (Lipinski definition) is 7. The number of ether oxygens (including phenoxy) is 2. The fourth-order valence-electron chi connectivity index (χ4n) is 3.37. The van der Waals surface area contributed by atoms with E-state index in [0.29, 0.717) is 22.8 Å². The molecular weight excluding hydrogens is 387 g/mol. The molecule has 0 saturated heterocycles. The second kappa shape index (κ2) is 7.94. The molecule has 1 aliphatic rings. The molecule has 0 amide bonds. The van der Waals surface area contributed by atoms with Gasteiger partial charge in [-0.1, -0.05) is 13.8 Å². The van der Waals surface area contributed by atoms with E-state index in [9.17, 15) is 13.2 Å². The van der Waals surface area contributed by atoms with Gasteiger partial charge in [0.2, 0.25) is 0 Å². The van der Waals surface area contributed by atoms with E-state index in [1.165, 1.54) is 25.3 Å². The van der Waals surface area contributed by atoms with Crippen LogP contribution in [0.5, 0.6) is 11.5 Å². The fourth-order valence-corrected chi connectivity index (χ4v) is 3.37. The van der Waals surface area contributed by atoms with Crippen molar-refractivity contribution in [1.29, 1.82) is 0 Å². The van der Waals surface area contributed by atoms with E-state index in [2.05, 4.69) is 24.1 Å². The van der Waals surface area contributed by atoms with Crippen LogP contribution in [0.4, 0.5) is 24.8 Å². The van der Waals surface area contributed by atoms with E-state index < -0.39 is 6.36 Å². The zero-order chi connectivity index (χ0) is 21.3. The molecule has 0 fully saturated rings. The van der Waals surface area contributed by atoms with Gasteiger partial charge in [0.25, 0.3) is 0 Å². The largest absolute Gasteiger partial charge is 0.573 e. The monoisotopic (exact) mass is 411 g/mol. The van der Waals surface area contributed by atoms with Crippen LogP contribution in [0.2, 0.25) is 0 Å². The van der Waals surface area contributed by atoms with Crippen molar-refractivity contribution in [3.05, 3.63) is 23.9 Å². The molecule has 2 heterocycles. The Labute approximate surface area is 167 Å². The van der Waals surface area contributed by atoms with Gasteiger partial charge in [0.1, 0.15) is 11.5 Å². The first-order valence-electron chi connectivity index (χ1n) is 9.30. The minimum absolute atomic E-state index is 0.217. The highest BCUT2D eigenvalue weighted by molar-refractivity contribution is 5.76. The summed E-state index contributed by atoms with van der Waals surface area (Å²) < 4.78 is 46.8. The lowest BCUT2D eigenvalue weighted by molar-refractivity contribution is -0.274. The van der Waals surface area contributed by atoms with E-state index in [-0.39, 0.29) is 17.5 Å². The van der Waals surface area contributed by atoms with E-state index >= 15 is 0 Å². The second-order valence-electron chi connectivity index (χ2n) is 6.71. The van der Waals surface area contributed by atoms with Gasteiger partial charge >= 0.3 is 6.36 Å². The average molecular weight is 411 g/mol. The summed E-state index contributed by atoms with van der Waals surface area (Å²) >= 11 is 0. The molecule has 0 radical (unpaired) electrons. The standard InChI is InChI=1S/C19H24F3N5O2/c1-6-12(7-2)27-18-17(26(4)25-27)24-16(11(3)23-18)14-9-8-13(10-15(14)28-5)29-19(20,21)22/h8-10,12,25H,6-7H2,1-5H3. The molecule has 158 valence electrons. The Balaban J connectivity index is 2.04. The van der Waals surface area contributed by atoms with Crippen LogP contribution in [-0.2, 0) is 0 Å². The predicted molar refractivity (Wildman–Crippen MR) is 104 cm³/mol. The zero-order valence-corrected chi connectivity index (χ0v) is 17.0. The first-order chi connectivity index (χ1) is 13.7. The number of hydrogen-bond donors (Lipinski definition) is 1. The second-order valence-corrected chi connectivity index (χ2v) is 6.71. The molecule has 10 heteroatoms. The van der Waals surface area contributed by atoms with Crippen molar-refractivity contribution in [2.45, 2.75) is 46.0 Å². The van der Waals surface area contributed by atoms with E-state index in [0.717, 1.165) is 18.7 Å². The number of anilines is 2. The summed E-state index contributed by atoms with van der Waals surface area (Å²) in [5, 5.41) is 3.77. The number of rotatable bonds is 6. The topological polar surface area (TPSA) is 62.8 Å². The van der Waals surface area contributed by atoms with Crippen LogP contribution in [0.1, 0.15) is 32.4 Å². The predicted octanol–water partition coefficient (Wildman–Crippen LogP) is 4.22. The van der Waals surface area contributed by atoms with Gasteiger partial charge in [0, 0.05) is 24.7 Å². The summed E-state index contributed by atoms with van der Waals surface area (Å²) in [6.07, 6.45) is -2.90. The number of nitrogens with one attached hydrogen (secondary N) is 1. The Morgan fingerprint density at radius 2 is 1.83 bits per heavy atom. The summed E-state index contributed by atoms with van der Waals surface area (Å²) in [7, 11) is 3.22.